The van der Waals surface area contributed by atoms with Gasteiger partial charge < -0.3 is 5.11 Å². The van der Waals surface area contributed by atoms with Gasteiger partial charge in [0.15, 0.2) is 0 Å². The average molecular weight is 315 g/mol. The summed E-state index contributed by atoms with van der Waals surface area (Å²) in [5.74, 6) is 7.04. The zero-order valence-electron chi connectivity index (χ0n) is 15.3. The third-order valence-corrected chi connectivity index (χ3v) is 9.47. The highest BCUT2D eigenvalue weighted by atomic mass is 16.3. The molecule has 0 saturated heterocycles. The van der Waals surface area contributed by atoms with Crippen molar-refractivity contribution in [3.8, 4) is 12.3 Å². The van der Waals surface area contributed by atoms with Gasteiger partial charge >= 0.3 is 0 Å². The number of fused-ring (bicyclic) bond motifs is 5. The lowest BCUT2D eigenvalue weighted by Gasteiger charge is -2.61. The van der Waals surface area contributed by atoms with Crippen LogP contribution in [-0.2, 0) is 0 Å². The van der Waals surface area contributed by atoms with Crippen molar-refractivity contribution in [1.29, 1.82) is 0 Å². The SMILES string of the molecule is C#C[C@@]1(O)CC[C@]2(C)C3CC[C@]4(C)C(C)CCC4C3CC[C@H]2C1. The van der Waals surface area contributed by atoms with E-state index in [1.165, 1.54) is 38.5 Å². The van der Waals surface area contributed by atoms with Gasteiger partial charge in [0.25, 0.3) is 0 Å². The number of terminal acetylenes is 1. The zero-order valence-corrected chi connectivity index (χ0v) is 15.3. The Morgan fingerprint density at radius 2 is 1.65 bits per heavy atom. The van der Waals surface area contributed by atoms with Crippen molar-refractivity contribution < 1.29 is 5.11 Å². The predicted octanol–water partition coefficient (Wildman–Crippen LogP) is 5.03. The van der Waals surface area contributed by atoms with E-state index >= 15 is 0 Å². The lowest BCUT2D eigenvalue weighted by Crippen LogP contribution is -2.55. The van der Waals surface area contributed by atoms with Crippen LogP contribution in [0.2, 0.25) is 0 Å². The van der Waals surface area contributed by atoms with E-state index in [1.54, 1.807) is 0 Å². The van der Waals surface area contributed by atoms with Crippen LogP contribution < -0.4 is 0 Å². The van der Waals surface area contributed by atoms with E-state index in [9.17, 15) is 5.11 Å². The smallest absolute Gasteiger partial charge is 0.125 e. The van der Waals surface area contributed by atoms with Crippen LogP contribution in [0.5, 0.6) is 0 Å². The Morgan fingerprint density at radius 1 is 0.913 bits per heavy atom. The second-order valence-corrected chi connectivity index (χ2v) is 10.1. The summed E-state index contributed by atoms with van der Waals surface area (Å²) in [5.41, 5.74) is 0.222. The summed E-state index contributed by atoms with van der Waals surface area (Å²) in [5, 5.41) is 10.6. The van der Waals surface area contributed by atoms with Gasteiger partial charge in [0.1, 0.15) is 5.60 Å². The molecule has 23 heavy (non-hydrogen) atoms. The van der Waals surface area contributed by atoms with Crippen LogP contribution >= 0.6 is 0 Å². The lowest BCUT2D eigenvalue weighted by atomic mass is 9.44. The quantitative estimate of drug-likeness (QED) is 0.622. The van der Waals surface area contributed by atoms with E-state index < -0.39 is 5.60 Å². The molecule has 8 atom stereocenters. The molecule has 0 aromatic rings. The Bertz CT molecular complexity index is 533. The van der Waals surface area contributed by atoms with Gasteiger partial charge in [-0.2, -0.15) is 0 Å². The first-order valence-electron chi connectivity index (χ1n) is 10.0. The van der Waals surface area contributed by atoms with E-state index in [2.05, 4.69) is 26.7 Å². The van der Waals surface area contributed by atoms with Gasteiger partial charge in [-0.25, -0.2) is 0 Å². The second kappa shape index (κ2) is 5.01. The third kappa shape index (κ3) is 2.10. The maximum Gasteiger partial charge on any atom is 0.125 e. The summed E-state index contributed by atoms with van der Waals surface area (Å²) < 4.78 is 0. The molecular weight excluding hydrogens is 280 g/mol. The molecule has 0 radical (unpaired) electrons. The summed E-state index contributed by atoms with van der Waals surface area (Å²) in [7, 11) is 0. The minimum absolute atomic E-state index is 0.430. The number of aliphatic hydroxyl groups is 1. The molecule has 1 heteroatoms. The van der Waals surface area contributed by atoms with Crippen molar-refractivity contribution in [3.63, 3.8) is 0 Å². The normalized spacial score (nSPS) is 58.7. The molecule has 4 fully saturated rings. The highest BCUT2D eigenvalue weighted by molar-refractivity contribution is 5.16. The molecule has 4 unspecified atom stereocenters. The Hall–Kier alpha value is -0.480. The summed E-state index contributed by atoms with van der Waals surface area (Å²) in [6, 6.07) is 0. The number of hydrogen-bond donors (Lipinski definition) is 1. The molecule has 0 aliphatic heterocycles. The molecule has 4 saturated carbocycles. The van der Waals surface area contributed by atoms with E-state index in [0.717, 1.165) is 42.9 Å². The first-order valence-corrected chi connectivity index (χ1v) is 10.0. The fourth-order valence-corrected chi connectivity index (χ4v) is 7.64. The van der Waals surface area contributed by atoms with Crippen LogP contribution in [0.1, 0.15) is 78.6 Å². The third-order valence-electron chi connectivity index (χ3n) is 9.47. The number of rotatable bonds is 0. The predicted molar refractivity (Wildman–Crippen MR) is 94.7 cm³/mol. The van der Waals surface area contributed by atoms with Gasteiger partial charge in [-0.15, -0.1) is 6.42 Å². The van der Waals surface area contributed by atoms with E-state index in [0.29, 0.717) is 16.7 Å². The summed E-state index contributed by atoms with van der Waals surface area (Å²) in [4.78, 5) is 0. The van der Waals surface area contributed by atoms with E-state index in [4.69, 9.17) is 6.42 Å². The number of hydrogen-bond acceptors (Lipinski definition) is 1. The monoisotopic (exact) mass is 314 g/mol. The van der Waals surface area contributed by atoms with Gasteiger partial charge in [-0.1, -0.05) is 26.7 Å². The molecule has 1 N–H and O–H groups in total. The standard InChI is InChI=1S/C22H34O/c1-5-22(23)13-12-21(4)16(14-22)7-8-17-18-9-6-15(2)20(18,3)11-10-19(17)21/h1,15-19,23H,6-14H2,2-4H3/t15?,16-,17?,18?,19?,20+,21-,22+/m0/s1. The first-order chi connectivity index (χ1) is 10.8. The maximum atomic E-state index is 10.6. The molecule has 0 spiro atoms. The van der Waals surface area contributed by atoms with E-state index in [-0.39, 0.29) is 0 Å². The van der Waals surface area contributed by atoms with E-state index in [1.807, 2.05) is 0 Å². The van der Waals surface area contributed by atoms with Crippen molar-refractivity contribution in [2.75, 3.05) is 0 Å². The van der Waals surface area contributed by atoms with Crippen molar-refractivity contribution in [2.45, 2.75) is 84.2 Å². The van der Waals surface area contributed by atoms with Crippen LogP contribution in [-0.4, -0.2) is 10.7 Å². The second-order valence-electron chi connectivity index (χ2n) is 10.1. The molecule has 1 nitrogen and oxygen atoms in total. The topological polar surface area (TPSA) is 20.2 Å². The Kier molecular flexibility index (Phi) is 3.49. The molecule has 0 aromatic heterocycles. The first kappa shape index (κ1) is 16.0. The van der Waals surface area contributed by atoms with Crippen molar-refractivity contribution >= 4 is 0 Å². The molecule has 0 aromatic carbocycles. The molecule has 4 aliphatic rings. The van der Waals surface area contributed by atoms with Crippen molar-refractivity contribution in [2.24, 2.45) is 40.4 Å². The summed E-state index contributed by atoms with van der Waals surface area (Å²) >= 11 is 0. The average Bonchev–Trinajstić information content (AvgIpc) is 2.84. The molecule has 4 aliphatic carbocycles. The van der Waals surface area contributed by atoms with Crippen LogP contribution in [0.3, 0.4) is 0 Å². The van der Waals surface area contributed by atoms with Crippen LogP contribution in [0.25, 0.3) is 0 Å². The molecule has 0 heterocycles. The Labute approximate surface area is 142 Å². The van der Waals surface area contributed by atoms with Crippen LogP contribution in [0.4, 0.5) is 0 Å². The largest absolute Gasteiger partial charge is 0.378 e. The molecular formula is C22H34O. The van der Waals surface area contributed by atoms with Gasteiger partial charge in [-0.05, 0) is 98.2 Å². The summed E-state index contributed by atoms with van der Waals surface area (Å²) in [6.45, 7) is 7.64. The van der Waals surface area contributed by atoms with Gasteiger partial charge in [0, 0.05) is 0 Å². The molecule has 0 amide bonds. The zero-order chi connectivity index (χ0) is 16.5. The fraction of sp³-hybridized carbons (Fsp3) is 0.909. The van der Waals surface area contributed by atoms with Crippen molar-refractivity contribution in [3.05, 3.63) is 0 Å². The van der Waals surface area contributed by atoms with Gasteiger partial charge in [0.2, 0.25) is 0 Å². The highest BCUT2D eigenvalue weighted by Gasteiger charge is 2.60. The minimum atomic E-state index is -0.817. The Balaban J connectivity index is 1.61. The van der Waals surface area contributed by atoms with Crippen LogP contribution in [0, 0.1) is 52.8 Å². The highest BCUT2D eigenvalue weighted by Crippen LogP contribution is 2.67. The molecule has 4 rings (SSSR count). The molecule has 128 valence electrons. The van der Waals surface area contributed by atoms with Crippen molar-refractivity contribution in [1.82, 2.24) is 0 Å². The van der Waals surface area contributed by atoms with Crippen LogP contribution in [0.15, 0.2) is 0 Å². The van der Waals surface area contributed by atoms with Gasteiger partial charge in [-0.3, -0.25) is 0 Å². The fourth-order valence-electron chi connectivity index (χ4n) is 7.64. The Morgan fingerprint density at radius 3 is 2.39 bits per heavy atom. The molecule has 0 bridgehead atoms. The summed E-state index contributed by atoms with van der Waals surface area (Å²) in [6.07, 6.45) is 16.9. The van der Waals surface area contributed by atoms with Gasteiger partial charge in [0.05, 0.1) is 0 Å². The maximum absolute atomic E-state index is 10.6. The minimum Gasteiger partial charge on any atom is -0.378 e. The lowest BCUT2D eigenvalue weighted by molar-refractivity contribution is -0.137.